The number of nitrogens with one attached hydrogen (secondary N) is 1. The van der Waals surface area contributed by atoms with Crippen LogP contribution in [0.15, 0.2) is 52.3 Å². The van der Waals surface area contributed by atoms with Crippen molar-refractivity contribution < 1.29 is 17.6 Å². The average Bonchev–Trinajstić information content (AvgIpc) is 2.67. The molecule has 0 atom stereocenters. The van der Waals surface area contributed by atoms with E-state index >= 15 is 0 Å². The Bertz CT molecular complexity index is 942. The summed E-state index contributed by atoms with van der Waals surface area (Å²) in [5.41, 5.74) is 0.513. The van der Waals surface area contributed by atoms with E-state index in [-0.39, 0.29) is 16.5 Å². The maximum atomic E-state index is 13.3. The molecule has 0 saturated carbocycles. The van der Waals surface area contributed by atoms with Crippen LogP contribution in [0.4, 0.5) is 10.1 Å². The number of carbonyl (C=O) groups excluding carboxylic acids is 1. The molecule has 1 N–H and O–H groups in total. The van der Waals surface area contributed by atoms with E-state index in [1.54, 1.807) is 11.0 Å². The van der Waals surface area contributed by atoms with E-state index in [0.717, 1.165) is 30.2 Å². The van der Waals surface area contributed by atoms with Gasteiger partial charge in [0.2, 0.25) is 0 Å². The zero-order valence-electron chi connectivity index (χ0n) is 14.9. The minimum atomic E-state index is -3.94. The first-order valence-corrected chi connectivity index (χ1v) is 11.4. The van der Waals surface area contributed by atoms with Crippen molar-refractivity contribution in [2.45, 2.75) is 29.1 Å². The Labute approximate surface area is 163 Å². The highest BCUT2D eigenvalue weighted by atomic mass is 32.2. The van der Waals surface area contributed by atoms with E-state index in [9.17, 15) is 17.6 Å². The summed E-state index contributed by atoms with van der Waals surface area (Å²) in [6.45, 7) is 1.37. The van der Waals surface area contributed by atoms with Gasteiger partial charge in [0, 0.05) is 18.0 Å². The molecule has 0 aromatic heterocycles. The van der Waals surface area contributed by atoms with Gasteiger partial charge in [-0.1, -0.05) is 6.07 Å². The van der Waals surface area contributed by atoms with Crippen LogP contribution in [0.25, 0.3) is 0 Å². The van der Waals surface area contributed by atoms with Gasteiger partial charge in [-0.15, -0.1) is 11.8 Å². The van der Waals surface area contributed by atoms with Crippen LogP contribution < -0.4 is 4.72 Å². The lowest BCUT2D eigenvalue weighted by Gasteiger charge is -2.27. The molecule has 0 bridgehead atoms. The van der Waals surface area contributed by atoms with Gasteiger partial charge >= 0.3 is 0 Å². The van der Waals surface area contributed by atoms with Gasteiger partial charge in [-0.2, -0.15) is 0 Å². The van der Waals surface area contributed by atoms with Gasteiger partial charge in [0.05, 0.1) is 16.1 Å². The first kappa shape index (κ1) is 19.7. The molecule has 144 valence electrons. The number of halogens is 1. The zero-order chi connectivity index (χ0) is 19.4. The quantitative estimate of drug-likeness (QED) is 0.760. The second-order valence-electron chi connectivity index (χ2n) is 6.33. The van der Waals surface area contributed by atoms with Crippen molar-refractivity contribution in [3.8, 4) is 0 Å². The molecule has 0 aliphatic carbocycles. The van der Waals surface area contributed by atoms with Crippen LogP contribution in [0.3, 0.4) is 0 Å². The van der Waals surface area contributed by atoms with Crippen molar-refractivity contribution in [1.82, 2.24) is 4.90 Å². The molecule has 8 heteroatoms. The average molecular weight is 409 g/mol. The number of nitrogens with zero attached hydrogens (tertiary/aromatic N) is 1. The number of anilines is 1. The highest BCUT2D eigenvalue weighted by Crippen LogP contribution is 2.27. The number of benzene rings is 2. The van der Waals surface area contributed by atoms with Crippen LogP contribution in [0.2, 0.25) is 0 Å². The molecular weight excluding hydrogens is 387 g/mol. The molecule has 1 aliphatic rings. The molecule has 1 fully saturated rings. The Balaban J connectivity index is 1.92. The summed E-state index contributed by atoms with van der Waals surface area (Å²) in [4.78, 5) is 15.4. The standard InChI is InChI=1S/C19H21FN2O3S2/c1-26-18-9-8-16(13-17(18)19(23)22-10-3-2-4-11-22)27(24,25)21-15-7-5-6-14(20)12-15/h5-9,12-13,21H,2-4,10-11H2,1H3. The SMILES string of the molecule is CSc1ccc(S(=O)(=O)Nc2cccc(F)c2)cc1C(=O)N1CCCCC1. The van der Waals surface area contributed by atoms with Crippen molar-refractivity contribution in [2.75, 3.05) is 24.1 Å². The van der Waals surface area contributed by atoms with E-state index in [1.165, 1.54) is 42.1 Å². The molecule has 5 nitrogen and oxygen atoms in total. The third-order valence-corrected chi connectivity index (χ3v) is 6.61. The Kier molecular flexibility index (Phi) is 6.06. The maximum absolute atomic E-state index is 13.3. The van der Waals surface area contributed by atoms with Crippen LogP contribution in [0.1, 0.15) is 29.6 Å². The Morgan fingerprint density at radius 2 is 1.85 bits per heavy atom. The largest absolute Gasteiger partial charge is 0.339 e. The summed E-state index contributed by atoms with van der Waals surface area (Å²) in [7, 11) is -3.94. The van der Waals surface area contributed by atoms with Crippen LogP contribution >= 0.6 is 11.8 Å². The fourth-order valence-corrected chi connectivity index (χ4v) is 4.70. The Hall–Kier alpha value is -2.06. The van der Waals surface area contributed by atoms with E-state index in [0.29, 0.717) is 18.7 Å². The molecular formula is C19H21FN2O3S2. The van der Waals surface area contributed by atoms with Gasteiger partial charge in [-0.3, -0.25) is 9.52 Å². The summed E-state index contributed by atoms with van der Waals surface area (Å²) in [5.74, 6) is -0.684. The molecule has 1 saturated heterocycles. The van der Waals surface area contributed by atoms with Gasteiger partial charge in [0.15, 0.2) is 0 Å². The number of likely N-dealkylation sites (tertiary alicyclic amines) is 1. The lowest BCUT2D eigenvalue weighted by Crippen LogP contribution is -2.36. The zero-order valence-corrected chi connectivity index (χ0v) is 16.6. The third-order valence-electron chi connectivity index (χ3n) is 4.43. The van der Waals surface area contributed by atoms with Crippen molar-refractivity contribution >= 4 is 33.4 Å². The van der Waals surface area contributed by atoms with Gasteiger partial charge in [-0.05, 0) is 61.9 Å². The smallest absolute Gasteiger partial charge is 0.261 e. The lowest BCUT2D eigenvalue weighted by atomic mass is 10.1. The number of sulfonamides is 1. The summed E-state index contributed by atoms with van der Waals surface area (Å²) < 4.78 is 41.1. The van der Waals surface area contributed by atoms with Crippen molar-refractivity contribution in [3.63, 3.8) is 0 Å². The molecule has 27 heavy (non-hydrogen) atoms. The van der Waals surface area contributed by atoms with E-state index in [4.69, 9.17) is 0 Å². The molecule has 3 rings (SSSR count). The number of piperidine rings is 1. The van der Waals surface area contributed by atoms with Gasteiger partial charge in [0.1, 0.15) is 5.82 Å². The van der Waals surface area contributed by atoms with Crippen molar-refractivity contribution in [3.05, 3.63) is 53.8 Å². The predicted octanol–water partition coefficient (Wildman–Crippen LogP) is 3.97. The van der Waals surface area contributed by atoms with Crippen LogP contribution in [0, 0.1) is 5.82 Å². The first-order chi connectivity index (χ1) is 12.9. The minimum Gasteiger partial charge on any atom is -0.339 e. The highest BCUT2D eigenvalue weighted by molar-refractivity contribution is 7.98. The van der Waals surface area contributed by atoms with E-state index in [1.807, 2.05) is 6.26 Å². The van der Waals surface area contributed by atoms with Crippen LogP contribution in [0.5, 0.6) is 0 Å². The number of amides is 1. The predicted molar refractivity (Wildman–Crippen MR) is 105 cm³/mol. The molecule has 0 radical (unpaired) electrons. The van der Waals surface area contributed by atoms with Crippen molar-refractivity contribution in [2.24, 2.45) is 0 Å². The fraction of sp³-hybridized carbons (Fsp3) is 0.316. The lowest BCUT2D eigenvalue weighted by molar-refractivity contribution is 0.0720. The normalized spacial score (nSPS) is 14.8. The monoisotopic (exact) mass is 408 g/mol. The topological polar surface area (TPSA) is 66.5 Å². The van der Waals surface area contributed by atoms with Gasteiger partial charge in [0.25, 0.3) is 15.9 Å². The number of thioether (sulfide) groups is 1. The molecule has 1 aliphatic heterocycles. The van der Waals surface area contributed by atoms with Crippen LogP contribution in [-0.2, 0) is 10.0 Å². The third kappa shape index (κ3) is 4.62. The second kappa shape index (κ2) is 8.31. The molecule has 1 amide bonds. The van der Waals surface area contributed by atoms with E-state index in [2.05, 4.69) is 4.72 Å². The fourth-order valence-electron chi connectivity index (χ4n) is 3.05. The Morgan fingerprint density at radius 3 is 2.52 bits per heavy atom. The number of hydrogen-bond acceptors (Lipinski definition) is 4. The number of hydrogen-bond donors (Lipinski definition) is 1. The molecule has 2 aromatic carbocycles. The van der Waals surface area contributed by atoms with Crippen molar-refractivity contribution in [1.29, 1.82) is 0 Å². The van der Waals surface area contributed by atoms with Gasteiger partial charge < -0.3 is 4.90 Å². The number of carbonyl (C=O) groups is 1. The summed E-state index contributed by atoms with van der Waals surface area (Å²) in [6, 6.07) is 9.74. The summed E-state index contributed by atoms with van der Waals surface area (Å²) in [5, 5.41) is 0. The van der Waals surface area contributed by atoms with Gasteiger partial charge in [-0.25, -0.2) is 12.8 Å². The van der Waals surface area contributed by atoms with E-state index < -0.39 is 15.8 Å². The second-order valence-corrected chi connectivity index (χ2v) is 8.86. The molecule has 0 spiro atoms. The summed E-state index contributed by atoms with van der Waals surface area (Å²) >= 11 is 1.40. The highest BCUT2D eigenvalue weighted by Gasteiger charge is 2.24. The molecule has 2 aromatic rings. The van der Waals surface area contributed by atoms with Crippen LogP contribution in [-0.4, -0.2) is 38.6 Å². The summed E-state index contributed by atoms with van der Waals surface area (Å²) in [6.07, 6.45) is 4.87. The minimum absolute atomic E-state index is 0.0232. The molecule has 1 heterocycles. The first-order valence-electron chi connectivity index (χ1n) is 8.66. The molecule has 0 unspecified atom stereocenters. The maximum Gasteiger partial charge on any atom is 0.261 e. The number of rotatable bonds is 5. The Morgan fingerprint density at radius 1 is 1.11 bits per heavy atom.